The van der Waals surface area contributed by atoms with Gasteiger partial charge in [0.1, 0.15) is 11.4 Å². The normalized spacial score (nSPS) is 14.3. The average molecular weight is 563 g/mol. The van der Waals surface area contributed by atoms with Crippen LogP contribution < -0.4 is 30.4 Å². The summed E-state index contributed by atoms with van der Waals surface area (Å²) in [4.78, 5) is 31.8. The summed E-state index contributed by atoms with van der Waals surface area (Å²) in [5, 5.41) is 4.97. The molecule has 214 valence electrons. The zero-order chi connectivity index (χ0) is 29.1. The number of carbonyl (C=O) groups is 1. The maximum atomic E-state index is 13.8. The SMILES string of the molecule is CCOc1cc(-c2ccc(NC(=O)Nc3ccc(OC4(C)COC4)c(C(F)(F)F)c3)c(OC(C)C)n2)c[nH]c1=O. The van der Waals surface area contributed by atoms with Gasteiger partial charge in [0.15, 0.2) is 11.4 Å². The summed E-state index contributed by atoms with van der Waals surface area (Å²) in [6.45, 7) is 7.59. The molecule has 1 aliphatic heterocycles. The van der Waals surface area contributed by atoms with E-state index in [-0.39, 0.29) is 48.1 Å². The van der Waals surface area contributed by atoms with Crippen LogP contribution in [0.4, 0.5) is 29.3 Å². The van der Waals surface area contributed by atoms with Crippen LogP contribution in [0.5, 0.6) is 17.4 Å². The summed E-state index contributed by atoms with van der Waals surface area (Å²) in [6, 6.07) is 7.12. The number of carbonyl (C=O) groups excluding carboxylic acids is 1. The van der Waals surface area contributed by atoms with Crippen LogP contribution in [0.15, 0.2) is 47.4 Å². The molecular formula is C27H29F3N4O6. The zero-order valence-electron chi connectivity index (χ0n) is 22.3. The summed E-state index contributed by atoms with van der Waals surface area (Å²) in [5.74, 6) is -0.159. The number of aromatic amines is 1. The van der Waals surface area contributed by atoms with Gasteiger partial charge in [-0.25, -0.2) is 9.78 Å². The number of amides is 2. The van der Waals surface area contributed by atoms with Crippen LogP contribution in [0.2, 0.25) is 0 Å². The van der Waals surface area contributed by atoms with Gasteiger partial charge in [0.2, 0.25) is 5.88 Å². The first-order chi connectivity index (χ1) is 18.9. The molecule has 0 radical (unpaired) electrons. The standard InChI is InChI=1S/C27H29F3N4O6/c1-5-38-22-10-16(12-31-23(22)35)19-7-8-20(24(33-19)39-15(2)3)34-25(36)32-17-6-9-21(18(11-17)27(28,29)30)40-26(4)13-37-14-26/h6-12,15H,5,13-14H2,1-4H3,(H,31,35)(H2,32,34,36). The summed E-state index contributed by atoms with van der Waals surface area (Å²) < 4.78 is 63.0. The number of hydrogen-bond acceptors (Lipinski definition) is 7. The van der Waals surface area contributed by atoms with Crippen molar-refractivity contribution < 1.29 is 36.9 Å². The van der Waals surface area contributed by atoms with Gasteiger partial charge >= 0.3 is 12.2 Å². The molecule has 4 rings (SSSR count). The molecule has 0 spiro atoms. The van der Waals surface area contributed by atoms with E-state index in [9.17, 15) is 22.8 Å². The van der Waals surface area contributed by atoms with Crippen LogP contribution in [0.3, 0.4) is 0 Å². The average Bonchev–Trinajstić information content (AvgIpc) is 2.85. The Balaban J connectivity index is 1.55. The van der Waals surface area contributed by atoms with Gasteiger partial charge in [-0.15, -0.1) is 0 Å². The summed E-state index contributed by atoms with van der Waals surface area (Å²) in [7, 11) is 0. The van der Waals surface area contributed by atoms with Crippen molar-refractivity contribution in [2.75, 3.05) is 30.5 Å². The molecule has 1 fully saturated rings. The van der Waals surface area contributed by atoms with E-state index >= 15 is 0 Å². The van der Waals surface area contributed by atoms with Crippen LogP contribution >= 0.6 is 0 Å². The number of nitrogens with zero attached hydrogens (tertiary/aromatic N) is 1. The maximum absolute atomic E-state index is 13.8. The van der Waals surface area contributed by atoms with Crippen molar-refractivity contribution in [2.45, 2.75) is 45.6 Å². The second-order valence-corrected chi connectivity index (χ2v) is 9.56. The van der Waals surface area contributed by atoms with Crippen molar-refractivity contribution in [2.24, 2.45) is 0 Å². The molecule has 40 heavy (non-hydrogen) atoms. The molecule has 2 aromatic heterocycles. The fraction of sp³-hybridized carbons (Fsp3) is 0.370. The Bertz CT molecular complexity index is 1440. The second kappa shape index (κ2) is 11.5. The highest BCUT2D eigenvalue weighted by Gasteiger charge is 2.40. The van der Waals surface area contributed by atoms with Crippen molar-refractivity contribution in [3.05, 3.63) is 58.5 Å². The van der Waals surface area contributed by atoms with Gasteiger partial charge < -0.3 is 34.6 Å². The molecule has 13 heteroatoms. The quantitative estimate of drug-likeness (QED) is 0.317. The number of alkyl halides is 3. The third kappa shape index (κ3) is 6.84. The smallest absolute Gasteiger partial charge is 0.420 e. The zero-order valence-corrected chi connectivity index (χ0v) is 22.3. The molecular weight excluding hydrogens is 533 g/mol. The van der Waals surface area contributed by atoms with E-state index in [0.717, 1.165) is 12.1 Å². The van der Waals surface area contributed by atoms with Crippen molar-refractivity contribution >= 4 is 17.4 Å². The number of pyridine rings is 2. The van der Waals surface area contributed by atoms with Crippen molar-refractivity contribution in [1.82, 2.24) is 9.97 Å². The van der Waals surface area contributed by atoms with Crippen LogP contribution in [-0.4, -0.2) is 47.5 Å². The second-order valence-electron chi connectivity index (χ2n) is 9.56. The molecule has 10 nitrogen and oxygen atoms in total. The van der Waals surface area contributed by atoms with Gasteiger partial charge in [-0.05, 0) is 64.1 Å². The minimum Gasteiger partial charge on any atom is -0.488 e. The highest BCUT2D eigenvalue weighted by Crippen LogP contribution is 2.40. The monoisotopic (exact) mass is 562 g/mol. The molecule has 1 aromatic carbocycles. The maximum Gasteiger partial charge on any atom is 0.420 e. The first kappa shape index (κ1) is 28.7. The number of hydrogen-bond donors (Lipinski definition) is 3. The Morgan fingerprint density at radius 1 is 1.15 bits per heavy atom. The van der Waals surface area contributed by atoms with Crippen molar-refractivity contribution in [3.63, 3.8) is 0 Å². The third-order valence-corrected chi connectivity index (χ3v) is 5.63. The fourth-order valence-corrected chi connectivity index (χ4v) is 3.80. The molecule has 0 unspecified atom stereocenters. The third-order valence-electron chi connectivity index (χ3n) is 5.63. The largest absolute Gasteiger partial charge is 0.488 e. The Morgan fingerprint density at radius 2 is 1.90 bits per heavy atom. The minimum atomic E-state index is -4.72. The van der Waals surface area contributed by atoms with Gasteiger partial charge in [-0.1, -0.05) is 0 Å². The fourth-order valence-electron chi connectivity index (χ4n) is 3.80. The highest BCUT2D eigenvalue weighted by atomic mass is 19.4. The van der Waals surface area contributed by atoms with E-state index < -0.39 is 28.9 Å². The lowest BCUT2D eigenvalue weighted by Crippen LogP contribution is -2.51. The Morgan fingerprint density at radius 3 is 2.52 bits per heavy atom. The number of anilines is 2. The number of nitrogens with one attached hydrogen (secondary N) is 3. The first-order valence-corrected chi connectivity index (χ1v) is 12.5. The van der Waals surface area contributed by atoms with Gasteiger partial charge in [-0.2, -0.15) is 13.2 Å². The number of ether oxygens (including phenoxy) is 4. The van der Waals surface area contributed by atoms with Gasteiger partial charge in [0, 0.05) is 17.4 Å². The highest BCUT2D eigenvalue weighted by molar-refractivity contribution is 6.00. The van der Waals surface area contributed by atoms with Crippen LogP contribution in [0.1, 0.15) is 33.3 Å². The Labute approximate surface area is 227 Å². The van der Waals surface area contributed by atoms with E-state index in [1.165, 1.54) is 24.4 Å². The number of rotatable bonds is 9. The van der Waals surface area contributed by atoms with E-state index in [1.807, 2.05) is 0 Å². The lowest BCUT2D eigenvalue weighted by molar-refractivity contribution is -0.160. The van der Waals surface area contributed by atoms with Crippen LogP contribution in [0, 0.1) is 0 Å². The predicted octanol–water partition coefficient (Wildman–Crippen LogP) is 5.45. The number of benzene rings is 1. The first-order valence-electron chi connectivity index (χ1n) is 12.5. The lowest BCUT2D eigenvalue weighted by atomic mass is 10.0. The molecule has 1 saturated heterocycles. The molecule has 0 atom stereocenters. The number of urea groups is 1. The predicted molar refractivity (Wildman–Crippen MR) is 141 cm³/mol. The number of halogens is 3. The van der Waals surface area contributed by atoms with Crippen molar-refractivity contribution in [1.29, 1.82) is 0 Å². The van der Waals surface area contributed by atoms with Crippen LogP contribution in [-0.2, 0) is 10.9 Å². The van der Waals surface area contributed by atoms with Gasteiger partial charge in [0.05, 0.1) is 37.2 Å². The van der Waals surface area contributed by atoms with E-state index in [2.05, 4.69) is 20.6 Å². The molecule has 2 amide bonds. The van der Waals surface area contributed by atoms with E-state index in [4.69, 9.17) is 18.9 Å². The molecule has 3 heterocycles. The van der Waals surface area contributed by atoms with E-state index in [1.54, 1.807) is 33.8 Å². The Hall–Kier alpha value is -4.26. The number of H-pyrrole nitrogens is 1. The van der Waals surface area contributed by atoms with Gasteiger partial charge in [0.25, 0.3) is 5.56 Å². The summed E-state index contributed by atoms with van der Waals surface area (Å²) >= 11 is 0. The molecule has 3 aromatic rings. The molecule has 0 saturated carbocycles. The summed E-state index contributed by atoms with van der Waals surface area (Å²) in [5.41, 5.74) is -1.22. The lowest BCUT2D eigenvalue weighted by Gasteiger charge is -2.38. The topological polar surface area (TPSA) is 124 Å². The molecule has 1 aliphatic rings. The van der Waals surface area contributed by atoms with E-state index in [0.29, 0.717) is 17.9 Å². The number of aromatic nitrogens is 2. The summed E-state index contributed by atoms with van der Waals surface area (Å²) in [6.07, 6.45) is -3.56. The van der Waals surface area contributed by atoms with Crippen molar-refractivity contribution in [3.8, 4) is 28.6 Å². The molecule has 0 bridgehead atoms. The van der Waals surface area contributed by atoms with Crippen LogP contribution in [0.25, 0.3) is 11.3 Å². The minimum absolute atomic E-state index is 0.0718. The van der Waals surface area contributed by atoms with Gasteiger partial charge in [-0.3, -0.25) is 4.79 Å². The molecule has 3 N–H and O–H groups in total. The molecule has 0 aliphatic carbocycles. The Kier molecular flexibility index (Phi) is 8.24.